The van der Waals surface area contributed by atoms with Gasteiger partial charge in [0, 0.05) is 32.6 Å². The largest absolute Gasteiger partial charge is 0.375 e. The van der Waals surface area contributed by atoms with Gasteiger partial charge in [0.15, 0.2) is 0 Å². The molecule has 0 saturated carbocycles. The molecule has 0 spiro atoms. The number of hydrogen-bond donors (Lipinski definition) is 0. The summed E-state index contributed by atoms with van der Waals surface area (Å²) in [6.45, 7) is 0.900. The number of nitriles is 1. The van der Waals surface area contributed by atoms with E-state index in [1.54, 1.807) is 17.3 Å². The molecule has 0 unspecified atom stereocenters. The molecule has 1 amide bonds. The van der Waals surface area contributed by atoms with Crippen molar-refractivity contribution in [2.75, 3.05) is 20.3 Å². The molecule has 0 aliphatic rings. The van der Waals surface area contributed by atoms with Gasteiger partial charge in [-0.1, -0.05) is 6.07 Å². The summed E-state index contributed by atoms with van der Waals surface area (Å²) in [6.07, 6.45) is 3.70. The van der Waals surface area contributed by atoms with Gasteiger partial charge in [0.1, 0.15) is 6.61 Å². The quantitative estimate of drug-likeness (QED) is 0.734. The van der Waals surface area contributed by atoms with Crippen molar-refractivity contribution in [2.24, 2.45) is 0 Å². The molecule has 5 heteroatoms. The Balaban J connectivity index is 2.63. The lowest BCUT2D eigenvalue weighted by Crippen LogP contribution is -2.34. The highest BCUT2D eigenvalue weighted by atomic mass is 16.5. The molecule has 0 aromatic carbocycles. The second-order valence-corrected chi connectivity index (χ2v) is 3.52. The number of carbonyl (C=O) groups excluding carboxylic acids is 1. The molecule has 1 aromatic heterocycles. The van der Waals surface area contributed by atoms with Crippen LogP contribution in [0.1, 0.15) is 12.0 Å². The van der Waals surface area contributed by atoms with Crippen molar-refractivity contribution >= 4 is 5.91 Å². The molecular formula is C12H15N3O2. The van der Waals surface area contributed by atoms with Crippen LogP contribution in [0.5, 0.6) is 0 Å². The third-order valence-electron chi connectivity index (χ3n) is 2.21. The van der Waals surface area contributed by atoms with Gasteiger partial charge in [0.25, 0.3) is 0 Å². The van der Waals surface area contributed by atoms with Crippen molar-refractivity contribution in [3.05, 3.63) is 30.1 Å². The fraction of sp³-hybridized carbons (Fsp3) is 0.417. The Kier molecular flexibility index (Phi) is 5.69. The van der Waals surface area contributed by atoms with E-state index < -0.39 is 0 Å². The van der Waals surface area contributed by atoms with Crippen molar-refractivity contribution in [1.29, 1.82) is 5.26 Å². The van der Waals surface area contributed by atoms with Crippen LogP contribution in [0, 0.1) is 11.3 Å². The molecule has 0 saturated heterocycles. The van der Waals surface area contributed by atoms with E-state index >= 15 is 0 Å². The Hall–Kier alpha value is -1.93. The summed E-state index contributed by atoms with van der Waals surface area (Å²) < 4.78 is 4.81. The SMILES string of the molecule is COCC(=O)N(CCC#N)Cc1cccnc1. The highest BCUT2D eigenvalue weighted by molar-refractivity contribution is 5.77. The zero-order valence-electron chi connectivity index (χ0n) is 9.80. The maximum absolute atomic E-state index is 11.7. The van der Waals surface area contributed by atoms with Crippen LogP contribution in [0.3, 0.4) is 0 Å². The van der Waals surface area contributed by atoms with Crippen LogP contribution >= 0.6 is 0 Å². The van der Waals surface area contributed by atoms with Gasteiger partial charge in [0.05, 0.1) is 12.5 Å². The molecule has 0 N–H and O–H groups in total. The van der Waals surface area contributed by atoms with E-state index in [1.165, 1.54) is 7.11 Å². The first kappa shape index (κ1) is 13.1. The van der Waals surface area contributed by atoms with E-state index in [2.05, 4.69) is 4.98 Å². The highest BCUT2D eigenvalue weighted by Crippen LogP contribution is 2.04. The van der Waals surface area contributed by atoms with Crippen LogP contribution in [-0.4, -0.2) is 36.1 Å². The molecule has 0 aliphatic carbocycles. The van der Waals surface area contributed by atoms with Crippen LogP contribution in [0.15, 0.2) is 24.5 Å². The minimum absolute atomic E-state index is 0.0334. The lowest BCUT2D eigenvalue weighted by Gasteiger charge is -2.21. The Labute approximate surface area is 101 Å². The van der Waals surface area contributed by atoms with Gasteiger partial charge in [-0.3, -0.25) is 9.78 Å². The Morgan fingerprint density at radius 1 is 1.65 bits per heavy atom. The van der Waals surface area contributed by atoms with Gasteiger partial charge < -0.3 is 9.64 Å². The van der Waals surface area contributed by atoms with Crippen LogP contribution in [0.25, 0.3) is 0 Å². The van der Waals surface area contributed by atoms with Crippen LogP contribution in [0.4, 0.5) is 0 Å². The molecule has 5 nitrogen and oxygen atoms in total. The molecule has 1 rings (SSSR count). The second kappa shape index (κ2) is 7.36. The fourth-order valence-corrected chi connectivity index (χ4v) is 1.40. The molecule has 0 atom stereocenters. The number of nitrogens with zero attached hydrogens (tertiary/aromatic N) is 3. The molecule has 17 heavy (non-hydrogen) atoms. The monoisotopic (exact) mass is 233 g/mol. The first-order chi connectivity index (χ1) is 8.27. The van der Waals surface area contributed by atoms with Crippen LogP contribution in [0.2, 0.25) is 0 Å². The number of hydrogen-bond acceptors (Lipinski definition) is 4. The number of carbonyl (C=O) groups is 1. The summed E-state index contributed by atoms with van der Waals surface area (Å²) >= 11 is 0. The summed E-state index contributed by atoms with van der Waals surface area (Å²) in [4.78, 5) is 17.3. The molecule has 1 aromatic rings. The number of aromatic nitrogens is 1. The molecule has 0 aliphatic heterocycles. The van der Waals surface area contributed by atoms with E-state index in [1.807, 2.05) is 18.2 Å². The van der Waals surface area contributed by atoms with Crippen molar-refractivity contribution in [3.63, 3.8) is 0 Å². The van der Waals surface area contributed by atoms with Gasteiger partial charge >= 0.3 is 0 Å². The number of pyridine rings is 1. The lowest BCUT2D eigenvalue weighted by molar-refractivity contribution is -0.135. The minimum Gasteiger partial charge on any atom is -0.375 e. The molecular weight excluding hydrogens is 218 g/mol. The molecule has 90 valence electrons. The summed E-state index contributed by atoms with van der Waals surface area (Å²) in [7, 11) is 1.48. The first-order valence-electron chi connectivity index (χ1n) is 5.30. The number of rotatable bonds is 6. The van der Waals surface area contributed by atoms with Crippen molar-refractivity contribution < 1.29 is 9.53 Å². The van der Waals surface area contributed by atoms with Crippen molar-refractivity contribution in [3.8, 4) is 6.07 Å². The fourth-order valence-electron chi connectivity index (χ4n) is 1.40. The predicted octanol–water partition coefficient (Wildman–Crippen LogP) is 0.970. The van der Waals surface area contributed by atoms with Gasteiger partial charge in [-0.05, 0) is 11.6 Å². The summed E-state index contributed by atoms with van der Waals surface area (Å²) in [6, 6.07) is 5.74. The van der Waals surface area contributed by atoms with E-state index in [0.717, 1.165) is 5.56 Å². The van der Waals surface area contributed by atoms with Gasteiger partial charge in [-0.25, -0.2) is 0 Å². The van der Waals surface area contributed by atoms with Crippen LogP contribution in [-0.2, 0) is 16.1 Å². The second-order valence-electron chi connectivity index (χ2n) is 3.52. The van der Waals surface area contributed by atoms with E-state index in [9.17, 15) is 4.79 Å². The zero-order chi connectivity index (χ0) is 12.5. The maximum Gasteiger partial charge on any atom is 0.248 e. The topological polar surface area (TPSA) is 66.2 Å². The lowest BCUT2D eigenvalue weighted by atomic mass is 10.2. The van der Waals surface area contributed by atoms with E-state index in [0.29, 0.717) is 19.5 Å². The number of methoxy groups -OCH3 is 1. The van der Waals surface area contributed by atoms with E-state index in [4.69, 9.17) is 10.00 Å². The standard InChI is InChI=1S/C12H15N3O2/c1-17-10-12(16)15(7-3-5-13)9-11-4-2-6-14-8-11/h2,4,6,8H,3,7,9-10H2,1H3. The molecule has 0 radical (unpaired) electrons. The molecule has 0 bridgehead atoms. The first-order valence-corrected chi connectivity index (χ1v) is 5.30. The highest BCUT2D eigenvalue weighted by Gasteiger charge is 2.13. The molecule has 0 fully saturated rings. The predicted molar refractivity (Wildman–Crippen MR) is 61.8 cm³/mol. The average molecular weight is 233 g/mol. The zero-order valence-corrected chi connectivity index (χ0v) is 9.80. The summed E-state index contributed by atoms with van der Waals surface area (Å²) in [5.74, 6) is -0.119. The normalized spacial score (nSPS) is 9.65. The number of ether oxygens (including phenoxy) is 1. The van der Waals surface area contributed by atoms with E-state index in [-0.39, 0.29) is 12.5 Å². The van der Waals surface area contributed by atoms with Gasteiger partial charge in [-0.2, -0.15) is 5.26 Å². The Morgan fingerprint density at radius 2 is 2.47 bits per heavy atom. The summed E-state index contributed by atoms with van der Waals surface area (Å²) in [5, 5.41) is 8.56. The van der Waals surface area contributed by atoms with Crippen molar-refractivity contribution in [2.45, 2.75) is 13.0 Å². The third-order valence-corrected chi connectivity index (χ3v) is 2.21. The average Bonchev–Trinajstić information content (AvgIpc) is 2.36. The van der Waals surface area contributed by atoms with Gasteiger partial charge in [-0.15, -0.1) is 0 Å². The Bertz CT molecular complexity index is 386. The third kappa shape index (κ3) is 4.62. The number of amides is 1. The molecule has 1 heterocycles. The van der Waals surface area contributed by atoms with Crippen molar-refractivity contribution in [1.82, 2.24) is 9.88 Å². The summed E-state index contributed by atoms with van der Waals surface area (Å²) in [5.41, 5.74) is 0.940. The maximum atomic E-state index is 11.7. The minimum atomic E-state index is -0.119. The Morgan fingerprint density at radius 3 is 3.06 bits per heavy atom. The van der Waals surface area contributed by atoms with Crippen LogP contribution < -0.4 is 0 Å². The smallest absolute Gasteiger partial charge is 0.248 e. The van der Waals surface area contributed by atoms with Gasteiger partial charge in [0.2, 0.25) is 5.91 Å².